The summed E-state index contributed by atoms with van der Waals surface area (Å²) in [6.45, 7) is 10.6. The van der Waals surface area contributed by atoms with Gasteiger partial charge < -0.3 is 15.5 Å². The minimum absolute atomic E-state index is 0. The van der Waals surface area contributed by atoms with Crippen LogP contribution < -0.4 is 10.6 Å². The standard InChI is InChI=1S/C15H31N3O.2ClH/c1-3-10-18(11-4-2)12-6-9-17-15(19)14-7-5-8-16-13-14;;/h14,16H,3-13H2,1-2H3,(H,17,19);2*1H. The van der Waals surface area contributed by atoms with E-state index in [-0.39, 0.29) is 36.6 Å². The maximum atomic E-state index is 11.9. The molecule has 128 valence electrons. The maximum absolute atomic E-state index is 11.9. The third-order valence-corrected chi connectivity index (χ3v) is 3.70. The van der Waals surface area contributed by atoms with Crippen LogP contribution in [0.4, 0.5) is 0 Å². The molecule has 1 fully saturated rings. The molecule has 1 rings (SSSR count). The molecule has 1 atom stereocenters. The van der Waals surface area contributed by atoms with Crippen LogP contribution in [0.1, 0.15) is 46.0 Å². The molecule has 0 aromatic heterocycles. The summed E-state index contributed by atoms with van der Waals surface area (Å²) in [6, 6.07) is 0. The van der Waals surface area contributed by atoms with Crippen LogP contribution in [0.5, 0.6) is 0 Å². The fraction of sp³-hybridized carbons (Fsp3) is 0.933. The van der Waals surface area contributed by atoms with Crippen molar-refractivity contribution >= 4 is 30.7 Å². The molecule has 21 heavy (non-hydrogen) atoms. The first-order valence-corrected chi connectivity index (χ1v) is 7.98. The topological polar surface area (TPSA) is 44.4 Å². The lowest BCUT2D eigenvalue weighted by Gasteiger charge is -2.23. The molecule has 1 heterocycles. The van der Waals surface area contributed by atoms with E-state index in [1.165, 1.54) is 25.9 Å². The molecule has 1 saturated heterocycles. The first kappa shape index (κ1) is 23.2. The molecule has 0 aromatic rings. The van der Waals surface area contributed by atoms with Crippen molar-refractivity contribution in [3.8, 4) is 0 Å². The molecule has 0 spiro atoms. The fourth-order valence-corrected chi connectivity index (χ4v) is 2.70. The van der Waals surface area contributed by atoms with Crippen LogP contribution in [-0.2, 0) is 4.79 Å². The van der Waals surface area contributed by atoms with E-state index in [0.717, 1.165) is 45.4 Å². The monoisotopic (exact) mass is 341 g/mol. The number of piperidine rings is 1. The van der Waals surface area contributed by atoms with Gasteiger partial charge in [-0.2, -0.15) is 0 Å². The number of carbonyl (C=O) groups is 1. The van der Waals surface area contributed by atoms with Crippen molar-refractivity contribution in [3.05, 3.63) is 0 Å². The van der Waals surface area contributed by atoms with Gasteiger partial charge >= 0.3 is 0 Å². The highest BCUT2D eigenvalue weighted by Gasteiger charge is 2.20. The lowest BCUT2D eigenvalue weighted by molar-refractivity contribution is -0.125. The molecule has 0 aliphatic carbocycles. The molecule has 1 amide bonds. The van der Waals surface area contributed by atoms with Gasteiger partial charge in [0.05, 0.1) is 5.92 Å². The lowest BCUT2D eigenvalue weighted by atomic mass is 9.99. The highest BCUT2D eigenvalue weighted by Crippen LogP contribution is 2.09. The van der Waals surface area contributed by atoms with E-state index in [1.54, 1.807) is 0 Å². The van der Waals surface area contributed by atoms with Crippen LogP contribution >= 0.6 is 24.8 Å². The summed E-state index contributed by atoms with van der Waals surface area (Å²) >= 11 is 0. The zero-order chi connectivity index (χ0) is 13.9. The number of hydrogen-bond acceptors (Lipinski definition) is 3. The van der Waals surface area contributed by atoms with Gasteiger partial charge in [0.15, 0.2) is 0 Å². The third kappa shape index (κ3) is 10.3. The molecular formula is C15H33Cl2N3O. The Labute approximate surface area is 142 Å². The van der Waals surface area contributed by atoms with Gasteiger partial charge in [0.1, 0.15) is 0 Å². The van der Waals surface area contributed by atoms with E-state index in [0.29, 0.717) is 0 Å². The molecule has 1 aliphatic rings. The quantitative estimate of drug-likeness (QED) is 0.633. The summed E-state index contributed by atoms with van der Waals surface area (Å²) in [5.74, 6) is 0.431. The fourth-order valence-electron chi connectivity index (χ4n) is 2.70. The van der Waals surface area contributed by atoms with Crippen molar-refractivity contribution in [1.29, 1.82) is 0 Å². The Morgan fingerprint density at radius 2 is 1.86 bits per heavy atom. The molecule has 1 unspecified atom stereocenters. The van der Waals surface area contributed by atoms with Crippen molar-refractivity contribution in [2.24, 2.45) is 5.92 Å². The Balaban J connectivity index is 0. The van der Waals surface area contributed by atoms with E-state index in [1.807, 2.05) is 0 Å². The van der Waals surface area contributed by atoms with E-state index in [4.69, 9.17) is 0 Å². The van der Waals surface area contributed by atoms with Crippen molar-refractivity contribution in [3.63, 3.8) is 0 Å². The van der Waals surface area contributed by atoms with E-state index >= 15 is 0 Å². The van der Waals surface area contributed by atoms with Gasteiger partial charge in [-0.05, 0) is 58.3 Å². The molecule has 1 aliphatic heterocycles. The predicted octanol–water partition coefficient (Wildman–Crippen LogP) is 2.46. The minimum atomic E-state index is 0. The van der Waals surface area contributed by atoms with Gasteiger partial charge in [-0.1, -0.05) is 13.8 Å². The molecule has 6 heteroatoms. The largest absolute Gasteiger partial charge is 0.356 e. The Kier molecular flexibility index (Phi) is 16.5. The van der Waals surface area contributed by atoms with Gasteiger partial charge in [0.2, 0.25) is 5.91 Å². The van der Waals surface area contributed by atoms with Crippen LogP contribution in [0.2, 0.25) is 0 Å². The van der Waals surface area contributed by atoms with Gasteiger partial charge in [-0.3, -0.25) is 4.79 Å². The smallest absolute Gasteiger partial charge is 0.224 e. The summed E-state index contributed by atoms with van der Waals surface area (Å²) in [5, 5.41) is 6.38. The van der Waals surface area contributed by atoms with Gasteiger partial charge in [-0.15, -0.1) is 24.8 Å². The molecule has 0 saturated carbocycles. The average molecular weight is 342 g/mol. The summed E-state index contributed by atoms with van der Waals surface area (Å²) in [5.41, 5.74) is 0. The van der Waals surface area contributed by atoms with Gasteiger partial charge in [-0.25, -0.2) is 0 Å². The second-order valence-electron chi connectivity index (χ2n) is 5.53. The van der Waals surface area contributed by atoms with Gasteiger partial charge in [0, 0.05) is 13.1 Å². The Morgan fingerprint density at radius 1 is 1.19 bits per heavy atom. The van der Waals surface area contributed by atoms with Crippen molar-refractivity contribution in [2.45, 2.75) is 46.0 Å². The summed E-state index contributed by atoms with van der Waals surface area (Å²) in [4.78, 5) is 14.4. The zero-order valence-electron chi connectivity index (χ0n) is 13.5. The van der Waals surface area contributed by atoms with E-state index in [2.05, 4.69) is 29.4 Å². The predicted molar refractivity (Wildman–Crippen MR) is 94.7 cm³/mol. The van der Waals surface area contributed by atoms with Crippen LogP contribution in [0.15, 0.2) is 0 Å². The van der Waals surface area contributed by atoms with Crippen LogP contribution in [0.25, 0.3) is 0 Å². The first-order chi connectivity index (χ1) is 9.27. The number of hydrogen-bond donors (Lipinski definition) is 2. The number of amides is 1. The molecule has 2 N–H and O–H groups in total. The van der Waals surface area contributed by atoms with Crippen molar-refractivity contribution in [1.82, 2.24) is 15.5 Å². The molecule has 0 radical (unpaired) electrons. The molecule has 0 aromatic carbocycles. The zero-order valence-corrected chi connectivity index (χ0v) is 15.2. The van der Waals surface area contributed by atoms with E-state index in [9.17, 15) is 4.79 Å². The molecule has 0 bridgehead atoms. The second kappa shape index (κ2) is 14.9. The maximum Gasteiger partial charge on any atom is 0.224 e. The van der Waals surface area contributed by atoms with Crippen LogP contribution in [-0.4, -0.2) is 50.1 Å². The number of halogens is 2. The highest BCUT2D eigenvalue weighted by atomic mass is 35.5. The number of rotatable bonds is 9. The summed E-state index contributed by atoms with van der Waals surface area (Å²) in [7, 11) is 0. The average Bonchev–Trinajstić information content (AvgIpc) is 2.44. The minimum Gasteiger partial charge on any atom is -0.356 e. The van der Waals surface area contributed by atoms with Gasteiger partial charge in [0.25, 0.3) is 0 Å². The van der Waals surface area contributed by atoms with Crippen molar-refractivity contribution < 1.29 is 4.79 Å². The normalized spacial score (nSPS) is 17.8. The second-order valence-corrected chi connectivity index (χ2v) is 5.53. The van der Waals surface area contributed by atoms with E-state index < -0.39 is 0 Å². The Hall–Kier alpha value is -0.0300. The summed E-state index contributed by atoms with van der Waals surface area (Å²) < 4.78 is 0. The number of nitrogens with zero attached hydrogens (tertiary/aromatic N) is 1. The van der Waals surface area contributed by atoms with Crippen LogP contribution in [0, 0.1) is 5.92 Å². The highest BCUT2D eigenvalue weighted by molar-refractivity contribution is 5.85. The molecule has 4 nitrogen and oxygen atoms in total. The number of nitrogens with one attached hydrogen (secondary N) is 2. The lowest BCUT2D eigenvalue weighted by Crippen LogP contribution is -2.41. The van der Waals surface area contributed by atoms with Crippen LogP contribution in [0.3, 0.4) is 0 Å². The molecular weight excluding hydrogens is 309 g/mol. The summed E-state index contributed by atoms with van der Waals surface area (Å²) in [6.07, 6.45) is 5.64. The number of carbonyl (C=O) groups excluding carboxylic acids is 1. The van der Waals surface area contributed by atoms with Crippen molar-refractivity contribution in [2.75, 3.05) is 39.3 Å². The Bertz CT molecular complexity index is 243. The Morgan fingerprint density at radius 3 is 2.38 bits per heavy atom. The first-order valence-electron chi connectivity index (χ1n) is 7.98. The third-order valence-electron chi connectivity index (χ3n) is 3.70. The SMILES string of the molecule is CCCN(CCC)CCCNC(=O)C1CCCNC1.Cl.Cl.